The van der Waals surface area contributed by atoms with Gasteiger partial charge in [0.2, 0.25) is 0 Å². The van der Waals surface area contributed by atoms with Gasteiger partial charge in [0, 0.05) is 12.2 Å². The maximum Gasteiger partial charge on any atom is 0.262 e. The van der Waals surface area contributed by atoms with Crippen LogP contribution < -0.4 is 15.8 Å². The average molecular weight is 288 g/mol. The monoisotopic (exact) mass is 288 g/mol. The number of rotatable bonds is 5. The van der Waals surface area contributed by atoms with Crippen LogP contribution in [0.2, 0.25) is 0 Å². The lowest BCUT2D eigenvalue weighted by Gasteiger charge is -2.11. The van der Waals surface area contributed by atoms with E-state index in [-0.39, 0.29) is 18.3 Å². The summed E-state index contributed by atoms with van der Waals surface area (Å²) >= 11 is 0. The maximum atomic E-state index is 13.0. The highest BCUT2D eigenvalue weighted by Crippen LogP contribution is 2.18. The van der Waals surface area contributed by atoms with Gasteiger partial charge in [-0.05, 0) is 42.3 Å². The molecule has 5 heteroatoms. The van der Waals surface area contributed by atoms with Gasteiger partial charge < -0.3 is 15.8 Å². The second kappa shape index (κ2) is 6.85. The molecule has 0 aliphatic rings. The molecule has 2 aromatic carbocycles. The molecule has 0 aromatic heterocycles. The van der Waals surface area contributed by atoms with Crippen LogP contribution in [0.4, 0.5) is 10.1 Å². The van der Waals surface area contributed by atoms with E-state index in [1.807, 2.05) is 18.2 Å². The minimum Gasteiger partial charge on any atom is -0.483 e. The van der Waals surface area contributed by atoms with Gasteiger partial charge in [0.1, 0.15) is 11.6 Å². The number of aryl methyl sites for hydroxylation is 1. The Bertz CT molecular complexity index is 644. The van der Waals surface area contributed by atoms with Crippen molar-refractivity contribution in [3.63, 3.8) is 0 Å². The minimum absolute atomic E-state index is 0.147. The van der Waals surface area contributed by atoms with Crippen LogP contribution >= 0.6 is 0 Å². The first-order chi connectivity index (χ1) is 10.1. The van der Waals surface area contributed by atoms with E-state index in [4.69, 9.17) is 10.5 Å². The first-order valence-electron chi connectivity index (χ1n) is 6.57. The van der Waals surface area contributed by atoms with Crippen molar-refractivity contribution in [1.29, 1.82) is 0 Å². The van der Waals surface area contributed by atoms with E-state index >= 15 is 0 Å². The molecule has 0 unspecified atom stereocenters. The zero-order valence-electron chi connectivity index (χ0n) is 11.7. The Kier molecular flexibility index (Phi) is 4.90. The van der Waals surface area contributed by atoms with Gasteiger partial charge in [-0.2, -0.15) is 0 Å². The third-order valence-electron chi connectivity index (χ3n) is 3.01. The van der Waals surface area contributed by atoms with Crippen molar-refractivity contribution in [2.24, 2.45) is 5.73 Å². The lowest BCUT2D eigenvalue weighted by atomic mass is 10.2. The molecule has 3 N–H and O–H groups in total. The molecule has 2 rings (SSSR count). The summed E-state index contributed by atoms with van der Waals surface area (Å²) in [5, 5.41) is 2.74. The molecule has 21 heavy (non-hydrogen) atoms. The van der Waals surface area contributed by atoms with Crippen LogP contribution in [0.1, 0.15) is 11.1 Å². The number of hydrogen-bond donors (Lipinski definition) is 2. The number of carbonyl (C=O) groups is 1. The summed E-state index contributed by atoms with van der Waals surface area (Å²) < 4.78 is 18.4. The van der Waals surface area contributed by atoms with Gasteiger partial charge in [-0.25, -0.2) is 4.39 Å². The van der Waals surface area contributed by atoms with Crippen molar-refractivity contribution < 1.29 is 13.9 Å². The fourth-order valence-electron chi connectivity index (χ4n) is 1.92. The highest BCUT2D eigenvalue weighted by atomic mass is 19.1. The number of benzene rings is 2. The second-order valence-electron chi connectivity index (χ2n) is 4.61. The van der Waals surface area contributed by atoms with Crippen LogP contribution in [-0.2, 0) is 11.3 Å². The van der Waals surface area contributed by atoms with Crippen molar-refractivity contribution in [2.75, 3.05) is 11.9 Å². The molecule has 0 spiro atoms. The van der Waals surface area contributed by atoms with Gasteiger partial charge in [0.15, 0.2) is 6.61 Å². The smallest absolute Gasteiger partial charge is 0.262 e. The van der Waals surface area contributed by atoms with Crippen LogP contribution in [0.5, 0.6) is 5.75 Å². The summed E-state index contributed by atoms with van der Waals surface area (Å²) in [4.78, 5) is 11.9. The Hall–Kier alpha value is -2.40. The van der Waals surface area contributed by atoms with Crippen LogP contribution in [-0.4, -0.2) is 12.5 Å². The topological polar surface area (TPSA) is 64.3 Å². The summed E-state index contributed by atoms with van der Waals surface area (Å²) in [5.41, 5.74) is 7.77. The Morgan fingerprint density at radius 1 is 1.29 bits per heavy atom. The summed E-state index contributed by atoms with van der Waals surface area (Å²) in [7, 11) is 0. The van der Waals surface area contributed by atoms with E-state index in [0.717, 1.165) is 5.56 Å². The largest absolute Gasteiger partial charge is 0.483 e. The zero-order valence-corrected chi connectivity index (χ0v) is 11.7. The average Bonchev–Trinajstić information content (AvgIpc) is 2.47. The van der Waals surface area contributed by atoms with E-state index in [1.165, 1.54) is 18.2 Å². The number of amides is 1. The molecule has 2 aromatic rings. The van der Waals surface area contributed by atoms with E-state index in [2.05, 4.69) is 5.32 Å². The highest BCUT2D eigenvalue weighted by Gasteiger charge is 2.08. The number of carbonyl (C=O) groups excluding carboxylic acids is 1. The highest BCUT2D eigenvalue weighted by molar-refractivity contribution is 5.92. The third-order valence-corrected chi connectivity index (χ3v) is 3.01. The van der Waals surface area contributed by atoms with Crippen molar-refractivity contribution in [3.8, 4) is 5.75 Å². The Labute approximate surface area is 122 Å². The summed E-state index contributed by atoms with van der Waals surface area (Å²) in [5.74, 6) is -0.139. The number of hydrogen-bond acceptors (Lipinski definition) is 3. The van der Waals surface area contributed by atoms with Crippen LogP contribution in [0.25, 0.3) is 0 Å². The van der Waals surface area contributed by atoms with Gasteiger partial charge in [0.05, 0.1) is 0 Å². The number of nitrogens with one attached hydrogen (secondary N) is 1. The Balaban J connectivity index is 1.96. The SMILES string of the molecule is Cc1cc(F)ccc1OCC(=O)Nc1ccccc1CN. The van der Waals surface area contributed by atoms with Gasteiger partial charge in [-0.1, -0.05) is 18.2 Å². The number of halogens is 1. The summed E-state index contributed by atoms with van der Waals surface area (Å²) in [6.45, 7) is 1.92. The van der Waals surface area contributed by atoms with Gasteiger partial charge >= 0.3 is 0 Å². The fraction of sp³-hybridized carbons (Fsp3) is 0.188. The maximum absolute atomic E-state index is 13.0. The molecule has 0 saturated heterocycles. The molecule has 0 saturated carbocycles. The van der Waals surface area contributed by atoms with Crippen molar-refractivity contribution in [1.82, 2.24) is 0 Å². The van der Waals surface area contributed by atoms with Crippen molar-refractivity contribution in [3.05, 3.63) is 59.4 Å². The predicted octanol–water partition coefficient (Wildman–Crippen LogP) is 2.61. The molecule has 110 valence electrons. The Morgan fingerprint density at radius 2 is 2.05 bits per heavy atom. The normalized spacial score (nSPS) is 10.2. The second-order valence-corrected chi connectivity index (χ2v) is 4.61. The number of nitrogens with two attached hydrogens (primary N) is 1. The number of para-hydroxylation sites is 1. The third kappa shape index (κ3) is 4.03. The molecule has 0 aliphatic heterocycles. The zero-order chi connectivity index (χ0) is 15.2. The van der Waals surface area contributed by atoms with Crippen molar-refractivity contribution in [2.45, 2.75) is 13.5 Å². The molecular formula is C16H17FN2O2. The quantitative estimate of drug-likeness (QED) is 0.889. The number of anilines is 1. The summed E-state index contributed by atoms with van der Waals surface area (Å²) in [6, 6.07) is 11.5. The molecule has 0 fully saturated rings. The molecule has 0 radical (unpaired) electrons. The van der Waals surface area contributed by atoms with Crippen LogP contribution in [0.15, 0.2) is 42.5 Å². The van der Waals surface area contributed by atoms with E-state index in [9.17, 15) is 9.18 Å². The predicted molar refractivity (Wildman–Crippen MR) is 79.6 cm³/mol. The summed E-state index contributed by atoms with van der Waals surface area (Å²) in [6.07, 6.45) is 0. The lowest BCUT2D eigenvalue weighted by molar-refractivity contribution is -0.118. The van der Waals surface area contributed by atoms with E-state index < -0.39 is 0 Å². The van der Waals surface area contributed by atoms with E-state index in [0.29, 0.717) is 23.5 Å². The molecule has 0 aliphatic carbocycles. The molecule has 0 bridgehead atoms. The minimum atomic E-state index is -0.332. The standard InChI is InChI=1S/C16H17FN2O2/c1-11-8-13(17)6-7-15(11)21-10-16(20)19-14-5-3-2-4-12(14)9-18/h2-8H,9-10,18H2,1H3,(H,19,20). The van der Waals surface area contributed by atoms with Crippen LogP contribution in [0.3, 0.4) is 0 Å². The first-order valence-corrected chi connectivity index (χ1v) is 6.57. The Morgan fingerprint density at radius 3 is 2.76 bits per heavy atom. The fourth-order valence-corrected chi connectivity index (χ4v) is 1.92. The van der Waals surface area contributed by atoms with E-state index in [1.54, 1.807) is 13.0 Å². The first kappa shape index (κ1) is 15.0. The van der Waals surface area contributed by atoms with Gasteiger partial charge in [-0.15, -0.1) is 0 Å². The van der Waals surface area contributed by atoms with Crippen LogP contribution in [0, 0.1) is 12.7 Å². The van der Waals surface area contributed by atoms with Gasteiger partial charge in [0.25, 0.3) is 5.91 Å². The molecular weight excluding hydrogens is 271 g/mol. The molecule has 4 nitrogen and oxygen atoms in total. The number of ether oxygens (including phenoxy) is 1. The lowest BCUT2D eigenvalue weighted by Crippen LogP contribution is -2.21. The molecule has 0 heterocycles. The van der Waals surface area contributed by atoms with Gasteiger partial charge in [-0.3, -0.25) is 4.79 Å². The van der Waals surface area contributed by atoms with Crippen molar-refractivity contribution >= 4 is 11.6 Å². The molecule has 0 atom stereocenters. The molecule has 1 amide bonds.